The Hall–Kier alpha value is -1.93. The number of hydrogen-bond acceptors (Lipinski definition) is 6. The van der Waals surface area contributed by atoms with Crippen LogP contribution in [-0.4, -0.2) is 48.7 Å². The maximum Gasteiger partial charge on any atom is 0.260 e. The highest BCUT2D eigenvalue weighted by molar-refractivity contribution is 8.00. The van der Waals surface area contributed by atoms with Crippen LogP contribution < -0.4 is 0 Å². The van der Waals surface area contributed by atoms with Crippen LogP contribution in [0.2, 0.25) is 5.02 Å². The number of aromatic nitrogens is 4. The summed E-state index contributed by atoms with van der Waals surface area (Å²) in [5.74, 6) is -0.478. The standard InChI is InChI=1S/C17H20ClN5O2S/c1-11(2)23-17(19-20-21-23)26-14-5-3-4-10-22(16(14)25)15(24)12-6-8-13(18)9-7-12/h6-9,11,14H,3-5,10H2,1-2H3/t14-/m0/s1. The second-order valence-electron chi connectivity index (χ2n) is 6.40. The molecule has 1 aromatic heterocycles. The highest BCUT2D eigenvalue weighted by atomic mass is 35.5. The first kappa shape index (κ1) is 18.8. The van der Waals surface area contributed by atoms with Crippen LogP contribution in [0.5, 0.6) is 0 Å². The molecule has 1 atom stereocenters. The normalized spacial score (nSPS) is 18.2. The van der Waals surface area contributed by atoms with Crippen molar-refractivity contribution in [1.29, 1.82) is 0 Å². The summed E-state index contributed by atoms with van der Waals surface area (Å²) in [4.78, 5) is 27.2. The smallest absolute Gasteiger partial charge is 0.260 e. The number of amides is 2. The Kier molecular flexibility index (Phi) is 5.93. The molecule has 0 bridgehead atoms. The molecule has 2 amide bonds. The van der Waals surface area contributed by atoms with Crippen molar-refractivity contribution in [2.24, 2.45) is 0 Å². The van der Waals surface area contributed by atoms with E-state index in [4.69, 9.17) is 11.6 Å². The van der Waals surface area contributed by atoms with Gasteiger partial charge in [-0.05, 0) is 61.4 Å². The number of benzene rings is 1. The van der Waals surface area contributed by atoms with Crippen LogP contribution in [-0.2, 0) is 4.79 Å². The quantitative estimate of drug-likeness (QED) is 0.742. The number of carbonyl (C=O) groups is 2. The molecule has 7 nitrogen and oxygen atoms in total. The summed E-state index contributed by atoms with van der Waals surface area (Å²) in [5.41, 5.74) is 0.459. The largest absolute Gasteiger partial charge is 0.278 e. The van der Waals surface area contributed by atoms with Crippen molar-refractivity contribution in [1.82, 2.24) is 25.1 Å². The predicted octanol–water partition coefficient (Wildman–Crippen LogP) is 3.22. The first-order valence-electron chi connectivity index (χ1n) is 8.53. The topological polar surface area (TPSA) is 81.0 Å². The molecule has 0 aliphatic carbocycles. The van der Waals surface area contributed by atoms with Crippen LogP contribution in [0.25, 0.3) is 0 Å². The Morgan fingerprint density at radius 1 is 1.27 bits per heavy atom. The maximum absolute atomic E-state index is 13.0. The molecule has 1 aromatic carbocycles. The Morgan fingerprint density at radius 3 is 2.69 bits per heavy atom. The number of likely N-dealkylation sites (tertiary alicyclic amines) is 1. The monoisotopic (exact) mass is 393 g/mol. The SMILES string of the molecule is CC(C)n1nnnc1S[C@H]1CCCCN(C(=O)c2ccc(Cl)cc2)C1=O. The van der Waals surface area contributed by atoms with Crippen molar-refractivity contribution in [2.45, 2.75) is 49.6 Å². The Morgan fingerprint density at radius 2 is 2.00 bits per heavy atom. The number of halogens is 1. The van der Waals surface area contributed by atoms with Crippen LogP contribution in [0, 0.1) is 0 Å². The fraction of sp³-hybridized carbons (Fsp3) is 0.471. The molecule has 0 radical (unpaired) electrons. The highest BCUT2D eigenvalue weighted by Crippen LogP contribution is 2.30. The van der Waals surface area contributed by atoms with E-state index in [1.807, 2.05) is 13.8 Å². The van der Waals surface area contributed by atoms with Gasteiger partial charge in [0.1, 0.15) is 0 Å². The van der Waals surface area contributed by atoms with E-state index in [2.05, 4.69) is 15.5 Å². The molecule has 0 saturated carbocycles. The third-order valence-electron chi connectivity index (χ3n) is 4.18. The number of thioether (sulfide) groups is 1. The van der Waals surface area contributed by atoms with Crippen LogP contribution in [0.15, 0.2) is 29.4 Å². The lowest BCUT2D eigenvalue weighted by atomic mass is 10.2. The number of carbonyl (C=O) groups excluding carboxylic acids is 2. The summed E-state index contributed by atoms with van der Waals surface area (Å²) < 4.78 is 1.69. The van der Waals surface area contributed by atoms with E-state index in [1.54, 1.807) is 28.9 Å². The summed E-state index contributed by atoms with van der Waals surface area (Å²) in [5, 5.41) is 12.5. The van der Waals surface area contributed by atoms with Gasteiger partial charge in [-0.2, -0.15) is 0 Å². The van der Waals surface area contributed by atoms with E-state index in [9.17, 15) is 9.59 Å². The van der Waals surface area contributed by atoms with Gasteiger partial charge < -0.3 is 0 Å². The van der Waals surface area contributed by atoms with E-state index in [1.165, 1.54) is 16.7 Å². The fourth-order valence-electron chi connectivity index (χ4n) is 2.78. The fourth-order valence-corrected chi connectivity index (χ4v) is 4.11. The zero-order valence-electron chi connectivity index (χ0n) is 14.6. The average Bonchev–Trinajstić information content (AvgIpc) is 3.01. The number of nitrogens with zero attached hydrogens (tertiary/aromatic N) is 5. The minimum absolute atomic E-state index is 0.0974. The molecule has 0 spiro atoms. The van der Waals surface area contributed by atoms with E-state index in [0.717, 1.165) is 12.8 Å². The van der Waals surface area contributed by atoms with Crippen molar-refractivity contribution in [2.75, 3.05) is 6.54 Å². The zero-order valence-corrected chi connectivity index (χ0v) is 16.2. The van der Waals surface area contributed by atoms with Gasteiger partial charge in [0.2, 0.25) is 11.1 Å². The van der Waals surface area contributed by atoms with Crippen molar-refractivity contribution in [3.05, 3.63) is 34.9 Å². The second-order valence-corrected chi connectivity index (χ2v) is 8.01. The molecule has 0 N–H and O–H groups in total. The molecule has 1 aliphatic heterocycles. The Labute approximate surface area is 161 Å². The van der Waals surface area contributed by atoms with E-state index >= 15 is 0 Å². The molecular weight excluding hydrogens is 374 g/mol. The lowest BCUT2D eigenvalue weighted by Gasteiger charge is -2.22. The van der Waals surface area contributed by atoms with Gasteiger partial charge in [-0.1, -0.05) is 29.8 Å². The third kappa shape index (κ3) is 4.07. The van der Waals surface area contributed by atoms with Crippen LogP contribution in [0.1, 0.15) is 49.5 Å². The summed E-state index contributed by atoms with van der Waals surface area (Å²) >= 11 is 7.21. The van der Waals surface area contributed by atoms with E-state index in [0.29, 0.717) is 28.7 Å². The number of rotatable bonds is 4. The van der Waals surface area contributed by atoms with Gasteiger partial charge in [-0.25, -0.2) is 4.68 Å². The number of hydrogen-bond donors (Lipinski definition) is 0. The van der Waals surface area contributed by atoms with Gasteiger partial charge >= 0.3 is 0 Å². The molecule has 3 rings (SSSR count). The lowest BCUT2D eigenvalue weighted by Crippen LogP contribution is -2.41. The summed E-state index contributed by atoms with van der Waals surface area (Å²) in [6.07, 6.45) is 2.35. The molecule has 1 aliphatic rings. The molecule has 26 heavy (non-hydrogen) atoms. The molecule has 2 aromatic rings. The van der Waals surface area contributed by atoms with E-state index in [-0.39, 0.29) is 23.1 Å². The second kappa shape index (κ2) is 8.18. The molecule has 1 saturated heterocycles. The first-order valence-corrected chi connectivity index (χ1v) is 9.79. The molecule has 2 heterocycles. The third-order valence-corrected chi connectivity index (χ3v) is 5.63. The molecule has 138 valence electrons. The van der Waals surface area contributed by atoms with Crippen LogP contribution in [0.3, 0.4) is 0 Å². The van der Waals surface area contributed by atoms with Gasteiger partial charge in [0.25, 0.3) is 5.91 Å². The number of tetrazole rings is 1. The van der Waals surface area contributed by atoms with Crippen molar-refractivity contribution < 1.29 is 9.59 Å². The van der Waals surface area contributed by atoms with Crippen LogP contribution >= 0.6 is 23.4 Å². The Bertz CT molecular complexity index is 793. The highest BCUT2D eigenvalue weighted by Gasteiger charge is 2.33. The van der Waals surface area contributed by atoms with Crippen molar-refractivity contribution >= 4 is 35.2 Å². The van der Waals surface area contributed by atoms with E-state index < -0.39 is 0 Å². The summed E-state index contributed by atoms with van der Waals surface area (Å²) in [6.45, 7) is 4.38. The van der Waals surface area contributed by atoms with Gasteiger partial charge in [0.15, 0.2) is 0 Å². The van der Waals surface area contributed by atoms with Gasteiger partial charge in [-0.3, -0.25) is 14.5 Å². The summed E-state index contributed by atoms with van der Waals surface area (Å²) in [6, 6.07) is 6.69. The summed E-state index contributed by atoms with van der Waals surface area (Å²) in [7, 11) is 0. The minimum atomic E-state index is -0.378. The van der Waals surface area contributed by atoms with Crippen molar-refractivity contribution in [3.63, 3.8) is 0 Å². The Balaban J connectivity index is 1.80. The first-order chi connectivity index (χ1) is 12.5. The maximum atomic E-state index is 13.0. The average molecular weight is 394 g/mol. The van der Waals surface area contributed by atoms with Gasteiger partial charge in [0, 0.05) is 17.1 Å². The lowest BCUT2D eigenvalue weighted by molar-refractivity contribution is -0.127. The van der Waals surface area contributed by atoms with Crippen molar-refractivity contribution in [3.8, 4) is 0 Å². The molecule has 1 fully saturated rings. The van der Waals surface area contributed by atoms with Gasteiger partial charge in [-0.15, -0.1) is 5.10 Å². The van der Waals surface area contributed by atoms with Gasteiger partial charge in [0.05, 0.1) is 11.3 Å². The number of imide groups is 1. The van der Waals surface area contributed by atoms with Crippen LogP contribution in [0.4, 0.5) is 0 Å². The minimum Gasteiger partial charge on any atom is -0.278 e. The molecular formula is C17H20ClN5O2S. The zero-order chi connectivity index (χ0) is 18.7. The molecule has 0 unspecified atom stereocenters. The predicted molar refractivity (Wildman–Crippen MR) is 99.2 cm³/mol. The molecule has 9 heteroatoms.